The van der Waals surface area contributed by atoms with Crippen molar-refractivity contribution in [2.24, 2.45) is 10.9 Å². The molecule has 3 N–H and O–H groups in total. The van der Waals surface area contributed by atoms with Crippen molar-refractivity contribution in [3.05, 3.63) is 48.7 Å². The fourth-order valence-electron chi connectivity index (χ4n) is 1.47. The average molecular weight is 205 g/mol. The predicted octanol–water partition coefficient (Wildman–Crippen LogP) is 1.42. The van der Waals surface area contributed by atoms with Gasteiger partial charge < -0.3 is 19.9 Å². The molecule has 78 valence electrons. The van der Waals surface area contributed by atoms with Crippen LogP contribution in [-0.4, -0.2) is 15.6 Å². The monoisotopic (exact) mass is 205 g/mol. The van der Waals surface area contributed by atoms with Crippen LogP contribution in [0.3, 0.4) is 0 Å². The SMILES string of the molecule is NC(=NO)[C@H](c1ccco1)n1cccc1. The maximum Gasteiger partial charge on any atom is 0.170 e. The number of hydrogen-bond donors (Lipinski definition) is 2. The summed E-state index contributed by atoms with van der Waals surface area (Å²) in [5.41, 5.74) is 5.62. The second kappa shape index (κ2) is 3.91. The largest absolute Gasteiger partial charge is 0.467 e. The molecule has 0 aliphatic rings. The van der Waals surface area contributed by atoms with Gasteiger partial charge in [-0.3, -0.25) is 0 Å². The van der Waals surface area contributed by atoms with Crippen molar-refractivity contribution < 1.29 is 9.62 Å². The van der Waals surface area contributed by atoms with Gasteiger partial charge in [0, 0.05) is 12.4 Å². The van der Waals surface area contributed by atoms with E-state index < -0.39 is 6.04 Å². The Morgan fingerprint density at radius 1 is 1.40 bits per heavy atom. The summed E-state index contributed by atoms with van der Waals surface area (Å²) in [6.45, 7) is 0. The van der Waals surface area contributed by atoms with Crippen molar-refractivity contribution >= 4 is 5.84 Å². The molecule has 0 fully saturated rings. The molecule has 0 saturated heterocycles. The Balaban J connectivity index is 2.42. The van der Waals surface area contributed by atoms with Gasteiger partial charge in [0.15, 0.2) is 11.9 Å². The normalized spacial score (nSPS) is 14.0. The lowest BCUT2D eigenvalue weighted by atomic mass is 10.2. The van der Waals surface area contributed by atoms with E-state index in [-0.39, 0.29) is 5.84 Å². The van der Waals surface area contributed by atoms with Gasteiger partial charge in [-0.15, -0.1) is 0 Å². The summed E-state index contributed by atoms with van der Waals surface area (Å²) in [4.78, 5) is 0. The quantitative estimate of drug-likeness (QED) is 0.344. The molecule has 0 radical (unpaired) electrons. The van der Waals surface area contributed by atoms with Gasteiger partial charge in [0.2, 0.25) is 0 Å². The van der Waals surface area contributed by atoms with Gasteiger partial charge in [-0.1, -0.05) is 5.16 Å². The number of hydrogen-bond acceptors (Lipinski definition) is 3. The van der Waals surface area contributed by atoms with E-state index in [4.69, 9.17) is 15.4 Å². The van der Waals surface area contributed by atoms with Gasteiger partial charge in [0.1, 0.15) is 5.76 Å². The van der Waals surface area contributed by atoms with Crippen molar-refractivity contribution in [3.8, 4) is 0 Å². The van der Waals surface area contributed by atoms with Crippen LogP contribution in [-0.2, 0) is 0 Å². The van der Waals surface area contributed by atoms with Crippen LogP contribution in [0.4, 0.5) is 0 Å². The van der Waals surface area contributed by atoms with E-state index in [0.29, 0.717) is 5.76 Å². The predicted molar refractivity (Wildman–Crippen MR) is 54.7 cm³/mol. The molecule has 15 heavy (non-hydrogen) atoms. The topological polar surface area (TPSA) is 76.7 Å². The van der Waals surface area contributed by atoms with Crippen molar-refractivity contribution in [1.82, 2.24) is 4.57 Å². The summed E-state index contributed by atoms with van der Waals surface area (Å²) < 4.78 is 7.05. The third-order valence-corrected chi connectivity index (χ3v) is 2.13. The number of amidine groups is 1. The highest BCUT2D eigenvalue weighted by atomic mass is 16.4. The third kappa shape index (κ3) is 1.71. The standard InChI is InChI=1S/C10H11N3O2/c11-10(12-14)9(8-4-3-7-15-8)13-5-1-2-6-13/h1-7,9,14H,(H2,11,12)/t9-/m0/s1. The van der Waals surface area contributed by atoms with Crippen LogP contribution < -0.4 is 5.73 Å². The van der Waals surface area contributed by atoms with Gasteiger partial charge in [-0.2, -0.15) is 0 Å². The molecule has 5 nitrogen and oxygen atoms in total. The molecule has 2 heterocycles. The molecule has 0 aromatic carbocycles. The summed E-state index contributed by atoms with van der Waals surface area (Å²) in [6, 6.07) is 6.86. The third-order valence-electron chi connectivity index (χ3n) is 2.13. The number of aromatic nitrogens is 1. The highest BCUT2D eigenvalue weighted by molar-refractivity contribution is 5.86. The van der Waals surface area contributed by atoms with Gasteiger partial charge in [-0.25, -0.2) is 0 Å². The maximum absolute atomic E-state index is 8.71. The van der Waals surface area contributed by atoms with Crippen LogP contribution in [0.5, 0.6) is 0 Å². The minimum atomic E-state index is -0.403. The highest BCUT2D eigenvalue weighted by Gasteiger charge is 2.20. The average Bonchev–Trinajstić information content (AvgIpc) is 2.90. The lowest BCUT2D eigenvalue weighted by molar-refractivity contribution is 0.313. The second-order valence-corrected chi connectivity index (χ2v) is 3.07. The number of rotatable bonds is 3. The second-order valence-electron chi connectivity index (χ2n) is 3.07. The maximum atomic E-state index is 8.71. The van der Waals surface area contributed by atoms with E-state index >= 15 is 0 Å². The van der Waals surface area contributed by atoms with Crippen LogP contribution in [0.15, 0.2) is 52.5 Å². The lowest BCUT2D eigenvalue weighted by Crippen LogP contribution is -2.26. The van der Waals surface area contributed by atoms with Crippen LogP contribution in [0, 0.1) is 0 Å². The zero-order chi connectivity index (χ0) is 10.7. The molecule has 0 aliphatic heterocycles. The molecule has 2 aromatic rings. The first kappa shape index (κ1) is 9.39. The van der Waals surface area contributed by atoms with Crippen LogP contribution >= 0.6 is 0 Å². The molecule has 2 aromatic heterocycles. The molecule has 0 amide bonds. The zero-order valence-electron chi connectivity index (χ0n) is 7.95. The molecule has 0 aliphatic carbocycles. The van der Waals surface area contributed by atoms with E-state index in [2.05, 4.69) is 5.16 Å². The van der Waals surface area contributed by atoms with Crippen molar-refractivity contribution in [3.63, 3.8) is 0 Å². The highest BCUT2D eigenvalue weighted by Crippen LogP contribution is 2.19. The van der Waals surface area contributed by atoms with E-state index in [1.807, 2.05) is 24.5 Å². The van der Waals surface area contributed by atoms with E-state index in [0.717, 1.165) is 0 Å². The number of furan rings is 1. The van der Waals surface area contributed by atoms with Gasteiger partial charge in [0.25, 0.3) is 0 Å². The molecule has 2 rings (SSSR count). The van der Waals surface area contributed by atoms with Crippen molar-refractivity contribution in [2.75, 3.05) is 0 Å². The first-order valence-corrected chi connectivity index (χ1v) is 4.46. The lowest BCUT2D eigenvalue weighted by Gasteiger charge is -2.14. The fourth-order valence-corrected chi connectivity index (χ4v) is 1.47. The number of nitrogens with two attached hydrogens (primary N) is 1. The molecular formula is C10H11N3O2. The molecule has 5 heteroatoms. The molecular weight excluding hydrogens is 194 g/mol. The first-order valence-electron chi connectivity index (χ1n) is 4.46. The minimum Gasteiger partial charge on any atom is -0.467 e. The van der Waals surface area contributed by atoms with Gasteiger partial charge >= 0.3 is 0 Å². The smallest absolute Gasteiger partial charge is 0.170 e. The van der Waals surface area contributed by atoms with Crippen LogP contribution in [0.25, 0.3) is 0 Å². The van der Waals surface area contributed by atoms with Gasteiger partial charge in [0.05, 0.1) is 6.26 Å². The van der Waals surface area contributed by atoms with Crippen molar-refractivity contribution in [2.45, 2.75) is 6.04 Å². The van der Waals surface area contributed by atoms with Crippen molar-refractivity contribution in [1.29, 1.82) is 0 Å². The Hall–Kier alpha value is -2.17. The first-order chi connectivity index (χ1) is 7.33. The van der Waals surface area contributed by atoms with Gasteiger partial charge in [-0.05, 0) is 24.3 Å². The number of oxime groups is 1. The summed E-state index contributed by atoms with van der Waals surface area (Å²) in [6.07, 6.45) is 5.20. The Morgan fingerprint density at radius 2 is 2.13 bits per heavy atom. The van der Waals surface area contributed by atoms with E-state index in [1.165, 1.54) is 0 Å². The molecule has 0 spiro atoms. The minimum absolute atomic E-state index is 0.0844. The summed E-state index contributed by atoms with van der Waals surface area (Å²) >= 11 is 0. The Bertz CT molecular complexity index is 397. The zero-order valence-corrected chi connectivity index (χ0v) is 7.95. The molecule has 0 saturated carbocycles. The Kier molecular flexibility index (Phi) is 2.45. The van der Waals surface area contributed by atoms with Crippen LogP contribution in [0.1, 0.15) is 11.8 Å². The number of nitrogens with zero attached hydrogens (tertiary/aromatic N) is 2. The summed E-state index contributed by atoms with van der Waals surface area (Å²) in [7, 11) is 0. The van der Waals surface area contributed by atoms with E-state index in [1.54, 1.807) is 23.0 Å². The fraction of sp³-hybridized carbons (Fsp3) is 0.100. The molecule has 0 unspecified atom stereocenters. The summed E-state index contributed by atoms with van der Waals surface area (Å²) in [5, 5.41) is 11.7. The molecule has 0 bridgehead atoms. The van der Waals surface area contributed by atoms with E-state index in [9.17, 15) is 0 Å². The van der Waals surface area contributed by atoms with Crippen LogP contribution in [0.2, 0.25) is 0 Å². The Labute approximate surface area is 86.4 Å². The Morgan fingerprint density at radius 3 is 2.67 bits per heavy atom. The summed E-state index contributed by atoms with van der Waals surface area (Å²) in [5.74, 6) is 0.711. The molecule has 1 atom stereocenters.